The van der Waals surface area contributed by atoms with E-state index < -0.39 is 11.8 Å². The van der Waals surface area contributed by atoms with Gasteiger partial charge in [0, 0.05) is 5.92 Å². The first kappa shape index (κ1) is 14.5. The van der Waals surface area contributed by atoms with Gasteiger partial charge in [-0.15, -0.1) is 0 Å². The minimum absolute atomic E-state index is 0.0662. The molecule has 1 aromatic carbocycles. The second-order valence-electron chi connectivity index (χ2n) is 5.02. The highest BCUT2D eigenvalue weighted by atomic mass is 19.1. The highest BCUT2D eigenvalue weighted by Gasteiger charge is 2.32. The van der Waals surface area contributed by atoms with Crippen LogP contribution in [0, 0.1) is 17.7 Å². The molecule has 4 N–H and O–H groups in total. The molecule has 1 aliphatic carbocycles. The van der Waals surface area contributed by atoms with E-state index in [4.69, 9.17) is 10.8 Å². The number of amides is 1. The fourth-order valence-electron chi connectivity index (χ4n) is 2.64. The Morgan fingerprint density at radius 2 is 2.15 bits per heavy atom. The van der Waals surface area contributed by atoms with Crippen LogP contribution in [-0.4, -0.2) is 23.5 Å². The molecule has 5 nitrogen and oxygen atoms in total. The predicted octanol–water partition coefficient (Wildman–Crippen LogP) is 1.84. The average Bonchev–Trinajstić information content (AvgIpc) is 2.89. The van der Waals surface area contributed by atoms with Crippen LogP contribution in [-0.2, 0) is 4.79 Å². The number of anilines is 1. The lowest BCUT2D eigenvalue weighted by Crippen LogP contribution is -2.30. The maximum Gasteiger partial charge on any atom is 0.335 e. The van der Waals surface area contributed by atoms with Crippen molar-refractivity contribution in [3.63, 3.8) is 0 Å². The Morgan fingerprint density at radius 3 is 2.80 bits per heavy atom. The van der Waals surface area contributed by atoms with Gasteiger partial charge in [-0.3, -0.25) is 4.79 Å². The molecule has 2 unspecified atom stereocenters. The molecule has 0 aliphatic heterocycles. The smallest absolute Gasteiger partial charge is 0.335 e. The number of carboxylic acids is 1. The first-order valence-electron chi connectivity index (χ1n) is 6.56. The largest absolute Gasteiger partial charge is 0.478 e. The number of carboxylic acid groups (broad SMARTS) is 1. The zero-order valence-electron chi connectivity index (χ0n) is 10.9. The van der Waals surface area contributed by atoms with Gasteiger partial charge in [-0.05, 0) is 43.5 Å². The SMILES string of the molecule is NCC1CCCC1C(=O)Nc1cc(C(=O)O)ccc1F. The highest BCUT2D eigenvalue weighted by Crippen LogP contribution is 2.32. The van der Waals surface area contributed by atoms with Gasteiger partial charge in [0.15, 0.2) is 0 Å². The Morgan fingerprint density at radius 1 is 1.40 bits per heavy atom. The standard InChI is InChI=1S/C14H17FN2O3/c15-11-5-4-8(14(19)20)6-12(11)17-13(18)10-3-1-2-9(10)7-16/h4-6,9-10H,1-3,7,16H2,(H,17,18)(H,19,20). The number of benzene rings is 1. The molecule has 1 aromatic rings. The first-order valence-corrected chi connectivity index (χ1v) is 6.56. The van der Waals surface area contributed by atoms with E-state index >= 15 is 0 Å². The van der Waals surface area contributed by atoms with Gasteiger partial charge in [0.2, 0.25) is 5.91 Å². The summed E-state index contributed by atoms with van der Waals surface area (Å²) in [4.78, 5) is 23.0. The van der Waals surface area contributed by atoms with Crippen molar-refractivity contribution >= 4 is 17.6 Å². The molecule has 6 heteroatoms. The summed E-state index contributed by atoms with van der Waals surface area (Å²) in [6.45, 7) is 0.426. The monoisotopic (exact) mass is 280 g/mol. The summed E-state index contributed by atoms with van der Waals surface area (Å²) in [6.07, 6.45) is 2.55. The van der Waals surface area contributed by atoms with Gasteiger partial charge in [-0.2, -0.15) is 0 Å². The van der Waals surface area contributed by atoms with E-state index in [1.165, 1.54) is 0 Å². The van der Waals surface area contributed by atoms with Crippen molar-refractivity contribution in [1.82, 2.24) is 0 Å². The van der Waals surface area contributed by atoms with Gasteiger partial charge in [0.1, 0.15) is 5.82 Å². The van der Waals surface area contributed by atoms with Crippen molar-refractivity contribution < 1.29 is 19.1 Å². The van der Waals surface area contributed by atoms with Crippen molar-refractivity contribution in [3.05, 3.63) is 29.6 Å². The molecular weight excluding hydrogens is 263 g/mol. The molecule has 0 radical (unpaired) electrons. The van der Waals surface area contributed by atoms with Crippen LogP contribution in [0.1, 0.15) is 29.6 Å². The minimum Gasteiger partial charge on any atom is -0.478 e. The molecule has 0 spiro atoms. The number of nitrogens with one attached hydrogen (secondary N) is 1. The third-order valence-electron chi connectivity index (χ3n) is 3.77. The van der Waals surface area contributed by atoms with Crippen molar-refractivity contribution in [3.8, 4) is 0 Å². The number of rotatable bonds is 4. The second-order valence-corrected chi connectivity index (χ2v) is 5.02. The van der Waals surface area contributed by atoms with Crippen LogP contribution in [0.2, 0.25) is 0 Å². The quantitative estimate of drug-likeness (QED) is 0.784. The first-order chi connectivity index (χ1) is 9.52. The van der Waals surface area contributed by atoms with Crippen molar-refractivity contribution in [2.45, 2.75) is 19.3 Å². The molecular formula is C14H17FN2O3. The van der Waals surface area contributed by atoms with Crippen molar-refractivity contribution in [1.29, 1.82) is 0 Å². The van der Waals surface area contributed by atoms with E-state index in [0.717, 1.165) is 37.5 Å². The van der Waals surface area contributed by atoms with E-state index in [1.807, 2.05) is 0 Å². The zero-order chi connectivity index (χ0) is 14.7. The maximum absolute atomic E-state index is 13.6. The Kier molecular flexibility index (Phi) is 4.34. The molecule has 1 amide bonds. The third kappa shape index (κ3) is 2.96. The van der Waals surface area contributed by atoms with Gasteiger partial charge >= 0.3 is 5.97 Å². The van der Waals surface area contributed by atoms with Gasteiger partial charge < -0.3 is 16.2 Å². The summed E-state index contributed by atoms with van der Waals surface area (Å²) in [6, 6.07) is 3.32. The van der Waals surface area contributed by atoms with Gasteiger partial charge in [0.05, 0.1) is 11.3 Å². The van der Waals surface area contributed by atoms with E-state index in [9.17, 15) is 14.0 Å². The summed E-state index contributed by atoms with van der Waals surface area (Å²) < 4.78 is 13.6. The maximum atomic E-state index is 13.6. The van der Waals surface area contributed by atoms with E-state index in [-0.39, 0.29) is 29.0 Å². The molecule has 1 fully saturated rings. The van der Waals surface area contributed by atoms with Crippen LogP contribution in [0.15, 0.2) is 18.2 Å². The number of hydrogen-bond acceptors (Lipinski definition) is 3. The van der Waals surface area contributed by atoms with E-state index in [1.54, 1.807) is 0 Å². The van der Waals surface area contributed by atoms with Gasteiger partial charge in [0.25, 0.3) is 0 Å². The van der Waals surface area contributed by atoms with E-state index in [0.29, 0.717) is 6.54 Å². The lowest BCUT2D eigenvalue weighted by molar-refractivity contribution is -0.120. The van der Waals surface area contributed by atoms with Crippen LogP contribution < -0.4 is 11.1 Å². The Labute approximate surface area is 116 Å². The predicted molar refractivity (Wildman–Crippen MR) is 71.9 cm³/mol. The average molecular weight is 280 g/mol. The van der Waals surface area contributed by atoms with E-state index in [2.05, 4.69) is 5.32 Å². The summed E-state index contributed by atoms with van der Waals surface area (Å²) in [5.41, 5.74) is 5.45. The molecule has 108 valence electrons. The molecule has 20 heavy (non-hydrogen) atoms. The lowest BCUT2D eigenvalue weighted by Gasteiger charge is -2.17. The summed E-state index contributed by atoms with van der Waals surface area (Å²) in [5, 5.41) is 11.4. The fraction of sp³-hybridized carbons (Fsp3) is 0.429. The molecule has 0 heterocycles. The highest BCUT2D eigenvalue weighted by molar-refractivity contribution is 5.95. The summed E-state index contributed by atoms with van der Waals surface area (Å²) in [7, 11) is 0. The minimum atomic E-state index is -1.17. The summed E-state index contributed by atoms with van der Waals surface area (Å²) in [5.74, 6) is -2.22. The molecule has 1 aliphatic rings. The normalized spacial score (nSPS) is 21.7. The third-order valence-corrected chi connectivity index (χ3v) is 3.77. The molecule has 1 saturated carbocycles. The van der Waals surface area contributed by atoms with Gasteiger partial charge in [-0.1, -0.05) is 6.42 Å². The number of carbonyl (C=O) groups excluding carboxylic acids is 1. The molecule has 2 rings (SSSR count). The summed E-state index contributed by atoms with van der Waals surface area (Å²) >= 11 is 0. The van der Waals surface area contributed by atoms with Crippen LogP contribution >= 0.6 is 0 Å². The van der Waals surface area contributed by atoms with Crippen LogP contribution in [0.25, 0.3) is 0 Å². The van der Waals surface area contributed by atoms with Crippen LogP contribution in [0.3, 0.4) is 0 Å². The Hall–Kier alpha value is -1.95. The number of nitrogens with two attached hydrogens (primary N) is 1. The van der Waals surface area contributed by atoms with Gasteiger partial charge in [-0.25, -0.2) is 9.18 Å². The number of halogens is 1. The topological polar surface area (TPSA) is 92.4 Å². The van der Waals surface area contributed by atoms with Crippen molar-refractivity contribution in [2.75, 3.05) is 11.9 Å². The van der Waals surface area contributed by atoms with Crippen LogP contribution in [0.4, 0.5) is 10.1 Å². The molecule has 0 bridgehead atoms. The zero-order valence-corrected chi connectivity index (χ0v) is 10.9. The number of carbonyl (C=O) groups is 2. The van der Waals surface area contributed by atoms with Crippen LogP contribution in [0.5, 0.6) is 0 Å². The molecule has 0 aromatic heterocycles. The molecule has 0 saturated heterocycles. The number of aromatic carboxylic acids is 1. The number of hydrogen-bond donors (Lipinski definition) is 3. The molecule has 2 atom stereocenters. The fourth-order valence-corrected chi connectivity index (χ4v) is 2.64. The Balaban J connectivity index is 2.15. The lowest BCUT2D eigenvalue weighted by atomic mass is 9.95. The second kappa shape index (κ2) is 6.00. The van der Waals surface area contributed by atoms with Crippen molar-refractivity contribution in [2.24, 2.45) is 17.6 Å². The Bertz CT molecular complexity index is 533.